The number of hydrogen-bond acceptors (Lipinski definition) is 4. The summed E-state index contributed by atoms with van der Waals surface area (Å²) in [4.78, 5) is 14.3. The van der Waals surface area contributed by atoms with Crippen molar-refractivity contribution in [3.8, 4) is 22.6 Å². The number of halogens is 3. The number of carboxylic acids is 1. The normalized spacial score (nSPS) is 11.2. The Labute approximate surface area is 116 Å². The van der Waals surface area contributed by atoms with E-state index < -0.39 is 29.5 Å². The zero-order valence-corrected chi connectivity index (χ0v) is 10.3. The molecule has 0 aliphatic heterocycles. The van der Waals surface area contributed by atoms with Crippen molar-refractivity contribution in [1.29, 1.82) is 0 Å². The fourth-order valence-corrected chi connectivity index (χ4v) is 1.65. The summed E-state index contributed by atoms with van der Waals surface area (Å²) >= 11 is 0. The average molecular weight is 299 g/mol. The minimum atomic E-state index is -4.81. The van der Waals surface area contributed by atoms with Gasteiger partial charge in [-0.1, -0.05) is 12.1 Å². The summed E-state index contributed by atoms with van der Waals surface area (Å²) in [5, 5.41) is 18.3. The zero-order valence-electron chi connectivity index (χ0n) is 10.3. The van der Waals surface area contributed by atoms with Gasteiger partial charge in [-0.15, -0.1) is 13.2 Å². The van der Waals surface area contributed by atoms with Crippen molar-refractivity contribution in [2.45, 2.75) is 6.36 Å². The molecule has 2 rings (SSSR count). The molecule has 1 heterocycles. The maximum Gasteiger partial charge on any atom is 0.573 e. The van der Waals surface area contributed by atoms with Crippen molar-refractivity contribution in [3.63, 3.8) is 0 Å². The van der Waals surface area contributed by atoms with Crippen LogP contribution in [-0.4, -0.2) is 27.5 Å². The van der Waals surface area contributed by atoms with Gasteiger partial charge in [0.2, 0.25) is 0 Å². The largest absolute Gasteiger partial charge is 0.573 e. The Bertz CT molecular complexity index is 685. The number of aromatic nitrogens is 1. The summed E-state index contributed by atoms with van der Waals surface area (Å²) in [5.41, 5.74) is 0.00283. The number of benzene rings is 1. The van der Waals surface area contributed by atoms with Gasteiger partial charge in [0, 0.05) is 11.8 Å². The van der Waals surface area contributed by atoms with Crippen molar-refractivity contribution in [3.05, 3.63) is 42.2 Å². The van der Waals surface area contributed by atoms with E-state index in [1.54, 1.807) is 0 Å². The van der Waals surface area contributed by atoms with Crippen LogP contribution in [0.25, 0.3) is 11.1 Å². The average Bonchev–Trinajstić information content (AvgIpc) is 2.36. The number of alkyl halides is 3. The molecule has 0 saturated heterocycles. The van der Waals surface area contributed by atoms with Crippen molar-refractivity contribution in [2.75, 3.05) is 0 Å². The summed E-state index contributed by atoms with van der Waals surface area (Å²) in [6.07, 6.45) is -3.68. The predicted octanol–water partition coefficient (Wildman–Crippen LogP) is 3.05. The molecule has 0 saturated carbocycles. The van der Waals surface area contributed by atoms with Crippen LogP contribution in [-0.2, 0) is 0 Å². The molecule has 0 radical (unpaired) electrons. The van der Waals surface area contributed by atoms with E-state index in [2.05, 4.69) is 9.72 Å². The lowest BCUT2D eigenvalue weighted by atomic mass is 10.1. The van der Waals surface area contributed by atoms with E-state index in [0.717, 1.165) is 24.4 Å². The van der Waals surface area contributed by atoms with Gasteiger partial charge < -0.3 is 14.9 Å². The molecule has 0 aliphatic carbocycles. The Balaban J connectivity index is 2.36. The van der Waals surface area contributed by atoms with E-state index in [1.165, 1.54) is 12.1 Å². The molecule has 2 N–H and O–H groups in total. The van der Waals surface area contributed by atoms with Crippen LogP contribution >= 0.6 is 0 Å². The maximum atomic E-state index is 12.1. The first-order valence-electron chi connectivity index (χ1n) is 5.55. The summed E-state index contributed by atoms with van der Waals surface area (Å²) < 4.78 is 40.2. The van der Waals surface area contributed by atoms with Crippen LogP contribution < -0.4 is 4.74 Å². The molecular weight excluding hydrogens is 291 g/mol. The molecule has 0 fully saturated rings. The van der Waals surface area contributed by atoms with E-state index >= 15 is 0 Å². The van der Waals surface area contributed by atoms with E-state index in [4.69, 9.17) is 5.11 Å². The van der Waals surface area contributed by atoms with E-state index in [-0.39, 0.29) is 11.1 Å². The monoisotopic (exact) mass is 299 g/mol. The second-order valence-corrected chi connectivity index (χ2v) is 3.97. The summed E-state index contributed by atoms with van der Waals surface area (Å²) in [7, 11) is 0. The van der Waals surface area contributed by atoms with Crippen molar-refractivity contribution >= 4 is 5.97 Å². The number of aromatic hydroxyl groups is 1. The Kier molecular flexibility index (Phi) is 3.70. The van der Waals surface area contributed by atoms with Crippen LogP contribution in [0.3, 0.4) is 0 Å². The molecule has 0 unspecified atom stereocenters. The highest BCUT2D eigenvalue weighted by atomic mass is 19.4. The van der Waals surface area contributed by atoms with Crippen molar-refractivity contribution in [2.24, 2.45) is 0 Å². The number of hydrogen-bond donors (Lipinski definition) is 2. The molecule has 110 valence electrons. The predicted molar refractivity (Wildman–Crippen MR) is 65.0 cm³/mol. The lowest BCUT2D eigenvalue weighted by Gasteiger charge is -2.10. The molecule has 0 amide bonds. The Hall–Kier alpha value is -2.77. The molecule has 21 heavy (non-hydrogen) atoms. The van der Waals surface area contributed by atoms with Crippen LogP contribution in [0.5, 0.6) is 11.5 Å². The Morgan fingerprint density at radius 2 is 1.90 bits per heavy atom. The van der Waals surface area contributed by atoms with E-state index in [9.17, 15) is 23.1 Å². The molecule has 2 aromatic rings. The zero-order chi connectivity index (χ0) is 15.6. The second-order valence-electron chi connectivity index (χ2n) is 3.97. The second kappa shape index (κ2) is 5.31. The maximum absolute atomic E-state index is 12.1. The molecule has 5 nitrogen and oxygen atoms in total. The third kappa shape index (κ3) is 3.62. The molecule has 0 spiro atoms. The standard InChI is InChI=1S/C13H8F3NO4/c14-13(15,16)21-9-3-1-2-7(4-9)8-5-10(18)11(12(19)20)17-6-8/h1-6,18H,(H,19,20). The van der Waals surface area contributed by atoms with Gasteiger partial charge in [-0.3, -0.25) is 0 Å². The highest BCUT2D eigenvalue weighted by Crippen LogP contribution is 2.29. The lowest BCUT2D eigenvalue weighted by molar-refractivity contribution is -0.274. The smallest absolute Gasteiger partial charge is 0.505 e. The first-order valence-corrected chi connectivity index (χ1v) is 5.55. The minimum Gasteiger partial charge on any atom is -0.505 e. The Morgan fingerprint density at radius 3 is 2.48 bits per heavy atom. The van der Waals surface area contributed by atoms with E-state index in [0.29, 0.717) is 0 Å². The number of carboxylic acid groups (broad SMARTS) is 1. The number of ether oxygens (including phenoxy) is 1. The summed E-state index contributed by atoms with van der Waals surface area (Å²) in [6.45, 7) is 0. The van der Waals surface area contributed by atoms with Gasteiger partial charge in [-0.2, -0.15) is 0 Å². The summed E-state index contributed by atoms with van der Waals surface area (Å²) in [5.74, 6) is -2.42. The van der Waals surface area contributed by atoms with Crippen LogP contribution in [0.4, 0.5) is 13.2 Å². The van der Waals surface area contributed by atoms with Crippen LogP contribution in [0.2, 0.25) is 0 Å². The first kappa shape index (κ1) is 14.6. The van der Waals surface area contributed by atoms with Gasteiger partial charge in [0.05, 0.1) is 0 Å². The number of carbonyl (C=O) groups is 1. The topological polar surface area (TPSA) is 79.7 Å². The molecule has 0 aliphatic rings. The molecule has 8 heteroatoms. The summed E-state index contributed by atoms with van der Waals surface area (Å²) in [6, 6.07) is 6.13. The molecular formula is C13H8F3NO4. The fraction of sp³-hybridized carbons (Fsp3) is 0.0769. The highest BCUT2D eigenvalue weighted by Gasteiger charge is 2.31. The fourth-order valence-electron chi connectivity index (χ4n) is 1.65. The molecule has 1 aromatic heterocycles. The van der Waals surface area contributed by atoms with Crippen LogP contribution in [0.15, 0.2) is 36.5 Å². The van der Waals surface area contributed by atoms with Crippen molar-refractivity contribution < 1.29 is 32.9 Å². The van der Waals surface area contributed by atoms with Crippen molar-refractivity contribution in [1.82, 2.24) is 4.98 Å². The van der Waals surface area contributed by atoms with E-state index in [1.807, 2.05) is 0 Å². The third-order valence-corrected chi connectivity index (χ3v) is 2.47. The van der Waals surface area contributed by atoms with Gasteiger partial charge in [0.1, 0.15) is 11.5 Å². The van der Waals surface area contributed by atoms with Gasteiger partial charge >= 0.3 is 12.3 Å². The third-order valence-electron chi connectivity index (χ3n) is 2.47. The van der Waals surface area contributed by atoms with Crippen LogP contribution in [0, 0.1) is 0 Å². The minimum absolute atomic E-state index is 0.255. The SMILES string of the molecule is O=C(O)c1ncc(-c2cccc(OC(F)(F)F)c2)cc1O. The first-order chi connectivity index (χ1) is 9.76. The van der Waals surface area contributed by atoms with Gasteiger partial charge in [-0.25, -0.2) is 9.78 Å². The number of aromatic carboxylic acids is 1. The quantitative estimate of drug-likeness (QED) is 0.910. The number of nitrogens with zero attached hydrogens (tertiary/aromatic N) is 1. The lowest BCUT2D eigenvalue weighted by Crippen LogP contribution is -2.17. The van der Waals surface area contributed by atoms with Crippen LogP contribution in [0.1, 0.15) is 10.5 Å². The molecule has 0 atom stereocenters. The van der Waals surface area contributed by atoms with Gasteiger partial charge in [0.25, 0.3) is 0 Å². The van der Waals surface area contributed by atoms with Gasteiger partial charge in [-0.05, 0) is 23.8 Å². The molecule has 1 aromatic carbocycles. The van der Waals surface area contributed by atoms with Gasteiger partial charge in [0.15, 0.2) is 5.69 Å². The molecule has 0 bridgehead atoms. The Morgan fingerprint density at radius 1 is 1.19 bits per heavy atom. The highest BCUT2D eigenvalue weighted by molar-refractivity contribution is 5.89. The number of pyridine rings is 1. The number of rotatable bonds is 3.